The summed E-state index contributed by atoms with van der Waals surface area (Å²) in [5, 5.41) is 5.68. The van der Waals surface area contributed by atoms with E-state index >= 15 is 0 Å². The van der Waals surface area contributed by atoms with Crippen LogP contribution in [0.3, 0.4) is 0 Å². The summed E-state index contributed by atoms with van der Waals surface area (Å²) in [6.07, 6.45) is 6.11. The van der Waals surface area contributed by atoms with E-state index in [0.29, 0.717) is 0 Å². The lowest BCUT2D eigenvalue weighted by Gasteiger charge is -2.17. The van der Waals surface area contributed by atoms with Gasteiger partial charge in [0.2, 0.25) is 0 Å². The van der Waals surface area contributed by atoms with Crippen LogP contribution in [0.5, 0.6) is 0 Å². The van der Waals surface area contributed by atoms with E-state index in [4.69, 9.17) is 0 Å². The quantitative estimate of drug-likeness (QED) is 0.480. The Hall–Kier alpha value is -2.08. The molecule has 0 heterocycles. The maximum absolute atomic E-state index is 2.41. The van der Waals surface area contributed by atoms with Gasteiger partial charge in [-0.15, -0.1) is 0 Å². The molecular formula is C19H14. The van der Waals surface area contributed by atoms with Crippen LogP contribution < -0.4 is 0 Å². The monoisotopic (exact) mass is 242 g/mol. The van der Waals surface area contributed by atoms with E-state index in [-0.39, 0.29) is 0 Å². The molecule has 2 aliphatic rings. The highest BCUT2D eigenvalue weighted by atomic mass is 14.4. The number of allylic oxidation sites excluding steroid dienone is 1. The topological polar surface area (TPSA) is 0 Å². The van der Waals surface area contributed by atoms with Crippen LogP contribution in [-0.4, -0.2) is 0 Å². The summed E-state index contributed by atoms with van der Waals surface area (Å²) in [7, 11) is 0. The van der Waals surface area contributed by atoms with Gasteiger partial charge in [-0.1, -0.05) is 60.7 Å². The fourth-order valence-corrected chi connectivity index (χ4v) is 3.75. The second-order valence-corrected chi connectivity index (χ2v) is 5.78. The van der Waals surface area contributed by atoms with E-state index < -0.39 is 0 Å². The van der Waals surface area contributed by atoms with Crippen molar-refractivity contribution in [1.82, 2.24) is 0 Å². The van der Waals surface area contributed by atoms with Crippen molar-refractivity contribution in [3.05, 3.63) is 65.7 Å². The molecule has 2 unspecified atom stereocenters. The van der Waals surface area contributed by atoms with E-state index in [0.717, 1.165) is 11.8 Å². The molecule has 0 bridgehead atoms. The fourth-order valence-electron chi connectivity index (χ4n) is 3.75. The largest absolute Gasteiger partial charge is 0.0802 e. The Kier molecular flexibility index (Phi) is 1.69. The van der Waals surface area contributed by atoms with E-state index in [2.05, 4.69) is 60.7 Å². The molecule has 19 heavy (non-hydrogen) atoms. The van der Waals surface area contributed by atoms with Crippen molar-refractivity contribution in [2.45, 2.75) is 12.3 Å². The number of hydrogen-bond donors (Lipinski definition) is 0. The van der Waals surface area contributed by atoms with Gasteiger partial charge in [-0.25, -0.2) is 0 Å². The Morgan fingerprint density at radius 1 is 0.737 bits per heavy atom. The summed E-state index contributed by atoms with van der Waals surface area (Å²) in [6.45, 7) is 0. The summed E-state index contributed by atoms with van der Waals surface area (Å²) >= 11 is 0. The highest BCUT2D eigenvalue weighted by molar-refractivity contribution is 6.13. The highest BCUT2D eigenvalue weighted by Gasteiger charge is 2.41. The van der Waals surface area contributed by atoms with Crippen LogP contribution in [0, 0.1) is 5.92 Å². The highest BCUT2D eigenvalue weighted by Crippen LogP contribution is 2.56. The summed E-state index contributed by atoms with van der Waals surface area (Å²) in [4.78, 5) is 0. The molecule has 90 valence electrons. The molecule has 1 saturated carbocycles. The second kappa shape index (κ2) is 3.27. The first-order chi connectivity index (χ1) is 9.43. The van der Waals surface area contributed by atoms with E-state index in [1.54, 1.807) is 5.56 Å². The normalized spacial score (nSPS) is 23.4. The van der Waals surface area contributed by atoms with Gasteiger partial charge in [0.1, 0.15) is 0 Å². The van der Waals surface area contributed by atoms with Crippen molar-refractivity contribution in [1.29, 1.82) is 0 Å². The predicted octanol–water partition coefficient (Wildman–Crippen LogP) is 5.12. The molecule has 5 rings (SSSR count). The zero-order valence-electron chi connectivity index (χ0n) is 10.6. The van der Waals surface area contributed by atoms with E-state index in [1.165, 1.54) is 33.5 Å². The van der Waals surface area contributed by atoms with Gasteiger partial charge >= 0.3 is 0 Å². The minimum absolute atomic E-state index is 0.773. The molecule has 0 saturated heterocycles. The van der Waals surface area contributed by atoms with Crippen LogP contribution in [-0.2, 0) is 0 Å². The van der Waals surface area contributed by atoms with Crippen LogP contribution in [0.25, 0.3) is 27.6 Å². The minimum atomic E-state index is 0.773. The Labute approximate surface area is 112 Å². The van der Waals surface area contributed by atoms with E-state index in [1.807, 2.05) is 0 Å². The zero-order chi connectivity index (χ0) is 12.4. The zero-order valence-corrected chi connectivity index (χ0v) is 10.6. The first-order valence-corrected chi connectivity index (χ1v) is 7.05. The second-order valence-electron chi connectivity index (χ2n) is 5.78. The molecule has 0 aromatic heterocycles. The summed E-state index contributed by atoms with van der Waals surface area (Å²) in [5.41, 5.74) is 3.06. The lowest BCUT2D eigenvalue weighted by Crippen LogP contribution is -1.96. The van der Waals surface area contributed by atoms with Crippen LogP contribution in [0.1, 0.15) is 23.5 Å². The Morgan fingerprint density at radius 2 is 1.37 bits per heavy atom. The smallest absolute Gasteiger partial charge is 0.00805 e. The molecule has 0 amide bonds. The van der Waals surface area contributed by atoms with Crippen molar-refractivity contribution >= 4 is 27.6 Å². The van der Waals surface area contributed by atoms with Crippen LogP contribution >= 0.6 is 0 Å². The van der Waals surface area contributed by atoms with Crippen molar-refractivity contribution in [2.75, 3.05) is 0 Å². The minimum Gasteiger partial charge on any atom is -0.0802 e. The molecular weight excluding hydrogens is 228 g/mol. The van der Waals surface area contributed by atoms with Gasteiger partial charge in [0.05, 0.1) is 0 Å². The third kappa shape index (κ3) is 1.19. The average Bonchev–Trinajstić information content (AvgIpc) is 3.26. The van der Waals surface area contributed by atoms with Gasteiger partial charge in [0.15, 0.2) is 0 Å². The van der Waals surface area contributed by atoms with Crippen molar-refractivity contribution in [3.8, 4) is 0 Å². The molecule has 3 aromatic carbocycles. The van der Waals surface area contributed by atoms with E-state index in [9.17, 15) is 0 Å². The Balaban J connectivity index is 2.10. The average molecular weight is 242 g/mol. The van der Waals surface area contributed by atoms with Gasteiger partial charge in [0, 0.05) is 0 Å². The molecule has 0 spiro atoms. The predicted molar refractivity (Wildman–Crippen MR) is 81.3 cm³/mol. The first kappa shape index (κ1) is 9.80. The van der Waals surface area contributed by atoms with Crippen LogP contribution in [0.2, 0.25) is 0 Å². The van der Waals surface area contributed by atoms with Gasteiger partial charge in [-0.05, 0) is 50.9 Å². The molecule has 0 aliphatic heterocycles. The third-order valence-electron chi connectivity index (χ3n) is 4.74. The van der Waals surface area contributed by atoms with Crippen LogP contribution in [0.4, 0.5) is 0 Å². The fraction of sp³-hybridized carbons (Fsp3) is 0.158. The molecule has 3 aromatic rings. The standard InChI is InChI=1S/C19H14/c1-2-7-15-13(5-1)14-6-3-4-8-16(14)19-17(15)10-9-12-11-18(12)19/h1-10,12,18H,11H2. The lowest BCUT2D eigenvalue weighted by molar-refractivity contribution is 1.01. The van der Waals surface area contributed by atoms with Crippen LogP contribution in [0.15, 0.2) is 54.6 Å². The summed E-state index contributed by atoms with van der Waals surface area (Å²) < 4.78 is 0. The lowest BCUT2D eigenvalue weighted by atomic mass is 9.86. The summed E-state index contributed by atoms with van der Waals surface area (Å²) in [6, 6.07) is 17.7. The molecule has 0 N–H and O–H groups in total. The molecule has 2 aliphatic carbocycles. The van der Waals surface area contributed by atoms with Gasteiger partial charge in [0.25, 0.3) is 0 Å². The molecule has 0 heteroatoms. The summed E-state index contributed by atoms with van der Waals surface area (Å²) in [5.74, 6) is 1.58. The molecule has 2 atom stereocenters. The van der Waals surface area contributed by atoms with Gasteiger partial charge in [-0.2, -0.15) is 0 Å². The maximum atomic E-state index is 2.41. The number of rotatable bonds is 0. The number of benzene rings is 3. The van der Waals surface area contributed by atoms with Crippen molar-refractivity contribution < 1.29 is 0 Å². The van der Waals surface area contributed by atoms with Gasteiger partial charge < -0.3 is 0 Å². The van der Waals surface area contributed by atoms with Crippen molar-refractivity contribution in [3.63, 3.8) is 0 Å². The first-order valence-electron chi connectivity index (χ1n) is 7.05. The SMILES string of the molecule is C1=CC2CC2c2c1c1ccccc1c1ccccc21. The third-order valence-corrected chi connectivity index (χ3v) is 4.74. The molecule has 0 nitrogen and oxygen atoms in total. The maximum Gasteiger partial charge on any atom is -0.00805 e. The number of hydrogen-bond acceptors (Lipinski definition) is 0. The Bertz CT molecular complexity index is 854. The Morgan fingerprint density at radius 3 is 2.16 bits per heavy atom. The molecule has 0 radical (unpaired) electrons. The van der Waals surface area contributed by atoms with Crippen molar-refractivity contribution in [2.24, 2.45) is 5.92 Å². The van der Waals surface area contributed by atoms with Gasteiger partial charge in [-0.3, -0.25) is 0 Å². The number of fused-ring (bicyclic) bond motifs is 8. The molecule has 1 fully saturated rings.